The molecule has 1 amide bonds. The molecule has 0 unspecified atom stereocenters. The summed E-state index contributed by atoms with van der Waals surface area (Å²) in [4.78, 5) is 24.6. The van der Waals surface area contributed by atoms with Gasteiger partial charge >= 0.3 is 17.9 Å². The van der Waals surface area contributed by atoms with Gasteiger partial charge in [0.25, 0.3) is 0 Å². The number of ether oxygens (including phenoxy) is 2. The van der Waals surface area contributed by atoms with Crippen LogP contribution in [0.3, 0.4) is 0 Å². The molecule has 0 aromatic carbocycles. The molecule has 1 N–H and O–H groups in total. The van der Waals surface area contributed by atoms with E-state index in [0.717, 1.165) is 0 Å². The van der Waals surface area contributed by atoms with E-state index in [-0.39, 0.29) is 18.4 Å². The van der Waals surface area contributed by atoms with Crippen LogP contribution in [0.5, 0.6) is 6.01 Å². The first-order valence-electron chi connectivity index (χ1n) is 5.18. The zero-order valence-corrected chi connectivity index (χ0v) is 9.87. The Morgan fingerprint density at radius 1 is 1.83 bits per heavy atom. The molecule has 0 spiro atoms. The van der Waals surface area contributed by atoms with Crippen LogP contribution in [-0.2, 0) is 11.3 Å². The molecule has 1 aliphatic rings. The largest absolute Gasteiger partial charge is 0.445 e. The lowest BCUT2D eigenvalue weighted by Gasteiger charge is -2.20. The molecule has 1 atom stereocenters. The van der Waals surface area contributed by atoms with Crippen molar-refractivity contribution in [2.75, 3.05) is 13.7 Å². The molecule has 0 aliphatic carbocycles. The van der Waals surface area contributed by atoms with Crippen molar-refractivity contribution in [3.8, 4) is 6.01 Å². The van der Waals surface area contributed by atoms with Crippen LogP contribution in [0.15, 0.2) is 6.20 Å². The minimum Gasteiger partial charge on any atom is -0.445 e. The van der Waals surface area contributed by atoms with Gasteiger partial charge in [0.1, 0.15) is 12.8 Å². The number of alkyl carbamates (subject to hydrolysis) is 1. The molecule has 0 bridgehead atoms. The molecule has 2 heterocycles. The molecule has 9 heteroatoms. The molecule has 1 aromatic heterocycles. The summed E-state index contributed by atoms with van der Waals surface area (Å²) in [6.45, 7) is 2.10. The van der Waals surface area contributed by atoms with Gasteiger partial charge in [0.05, 0.1) is 6.54 Å². The molecule has 1 aromatic rings. The third kappa shape index (κ3) is 2.19. The number of hydrogen-bond acceptors (Lipinski definition) is 6. The Morgan fingerprint density at radius 2 is 2.56 bits per heavy atom. The second kappa shape index (κ2) is 4.17. The van der Waals surface area contributed by atoms with Crippen molar-refractivity contribution < 1.29 is 19.2 Å². The number of nitrogens with zero attached hydrogens (tertiary/aromatic N) is 3. The van der Waals surface area contributed by atoms with Crippen LogP contribution in [0.2, 0.25) is 0 Å². The second-order valence-electron chi connectivity index (χ2n) is 4.14. The van der Waals surface area contributed by atoms with Crippen molar-refractivity contribution >= 4 is 11.9 Å². The molecule has 9 nitrogen and oxygen atoms in total. The Labute approximate surface area is 102 Å². The third-order valence-electron chi connectivity index (χ3n) is 2.47. The Balaban J connectivity index is 2.02. The lowest BCUT2D eigenvalue weighted by Crippen LogP contribution is -2.39. The number of aromatic nitrogens is 2. The fourth-order valence-electron chi connectivity index (χ4n) is 1.65. The molecule has 98 valence electrons. The van der Waals surface area contributed by atoms with Crippen molar-refractivity contribution in [2.45, 2.75) is 19.1 Å². The highest BCUT2D eigenvalue weighted by atomic mass is 16.6. The number of fused-ring (bicyclic) bond motifs is 1. The number of imidazole rings is 1. The first-order valence-corrected chi connectivity index (χ1v) is 5.18. The summed E-state index contributed by atoms with van der Waals surface area (Å²) in [6, 6.07) is 0.157. The monoisotopic (exact) mass is 256 g/mol. The van der Waals surface area contributed by atoms with Crippen LogP contribution in [-0.4, -0.2) is 39.8 Å². The summed E-state index contributed by atoms with van der Waals surface area (Å²) in [6.07, 6.45) is 0.732. The van der Waals surface area contributed by atoms with Gasteiger partial charge in [0.2, 0.25) is 0 Å². The maximum atomic E-state index is 11.0. The average molecular weight is 256 g/mol. The number of amides is 1. The zero-order valence-electron chi connectivity index (χ0n) is 9.87. The lowest BCUT2D eigenvalue weighted by molar-refractivity contribution is -0.389. The Morgan fingerprint density at radius 3 is 3.11 bits per heavy atom. The van der Waals surface area contributed by atoms with Crippen LogP contribution < -0.4 is 10.1 Å². The minimum absolute atomic E-state index is 0.0316. The van der Waals surface area contributed by atoms with E-state index < -0.39 is 16.6 Å². The maximum Gasteiger partial charge on any atom is 0.415 e. The normalized spacial score (nSPS) is 21.0. The van der Waals surface area contributed by atoms with E-state index >= 15 is 0 Å². The maximum absolute atomic E-state index is 11.0. The standard InChI is InChI=1S/C9H12N4O5/c1-9(5-17-8(14)10-2)4-12-3-6(13(15)16)11-7(12)18-9/h3H,4-5H2,1-2H3,(H,10,14)/t9-/m1/s1. The van der Waals surface area contributed by atoms with E-state index in [1.54, 1.807) is 6.92 Å². The van der Waals surface area contributed by atoms with E-state index in [0.29, 0.717) is 6.54 Å². The summed E-state index contributed by atoms with van der Waals surface area (Å²) < 4.78 is 11.9. The van der Waals surface area contributed by atoms with Gasteiger partial charge in [-0.05, 0) is 11.8 Å². The van der Waals surface area contributed by atoms with Gasteiger partial charge in [-0.2, -0.15) is 0 Å². The summed E-state index contributed by atoms with van der Waals surface area (Å²) in [5, 5.41) is 12.8. The molecule has 0 radical (unpaired) electrons. The Kier molecular flexibility index (Phi) is 2.81. The number of nitrogens with one attached hydrogen (secondary N) is 1. The van der Waals surface area contributed by atoms with Crippen molar-refractivity contribution in [2.24, 2.45) is 0 Å². The number of hydrogen-bond donors (Lipinski definition) is 1. The van der Waals surface area contributed by atoms with E-state index in [1.807, 2.05) is 0 Å². The van der Waals surface area contributed by atoms with Gasteiger partial charge in [-0.15, -0.1) is 0 Å². The number of carbonyl (C=O) groups excluding carboxylic acids is 1. The molecule has 0 fully saturated rings. The Hall–Kier alpha value is -2.32. The first-order chi connectivity index (χ1) is 8.43. The van der Waals surface area contributed by atoms with Crippen LogP contribution in [0.25, 0.3) is 0 Å². The van der Waals surface area contributed by atoms with Crippen molar-refractivity contribution in [3.63, 3.8) is 0 Å². The minimum atomic E-state index is -0.760. The summed E-state index contributed by atoms with van der Waals surface area (Å²) in [7, 11) is 1.45. The van der Waals surface area contributed by atoms with Crippen LogP contribution in [0, 0.1) is 10.1 Å². The van der Waals surface area contributed by atoms with Gasteiger partial charge in [0, 0.05) is 12.0 Å². The summed E-state index contributed by atoms with van der Waals surface area (Å²) in [5.41, 5.74) is -0.760. The fourth-order valence-corrected chi connectivity index (χ4v) is 1.65. The van der Waals surface area contributed by atoms with Crippen molar-refractivity contribution in [1.82, 2.24) is 14.9 Å². The van der Waals surface area contributed by atoms with Gasteiger partial charge in [-0.3, -0.25) is 4.57 Å². The fraction of sp³-hybridized carbons (Fsp3) is 0.556. The molecule has 0 saturated heterocycles. The molecular weight excluding hydrogens is 244 g/mol. The predicted octanol–water partition coefficient (Wildman–Crippen LogP) is 0.298. The van der Waals surface area contributed by atoms with E-state index in [1.165, 1.54) is 17.8 Å². The van der Waals surface area contributed by atoms with E-state index in [9.17, 15) is 14.9 Å². The van der Waals surface area contributed by atoms with Gasteiger partial charge in [0.15, 0.2) is 5.60 Å². The zero-order chi connectivity index (χ0) is 13.3. The lowest BCUT2D eigenvalue weighted by atomic mass is 10.1. The molecule has 18 heavy (non-hydrogen) atoms. The topological polar surface area (TPSA) is 109 Å². The third-order valence-corrected chi connectivity index (χ3v) is 2.47. The molecule has 2 rings (SSSR count). The second-order valence-corrected chi connectivity index (χ2v) is 4.14. The number of carbonyl (C=O) groups is 1. The van der Waals surface area contributed by atoms with Gasteiger partial charge in [-0.1, -0.05) is 0 Å². The highest BCUT2D eigenvalue weighted by Gasteiger charge is 2.41. The van der Waals surface area contributed by atoms with E-state index in [4.69, 9.17) is 9.47 Å². The quantitative estimate of drug-likeness (QED) is 0.615. The first kappa shape index (κ1) is 12.1. The van der Waals surface area contributed by atoms with Crippen LogP contribution in [0.4, 0.5) is 10.6 Å². The van der Waals surface area contributed by atoms with Crippen molar-refractivity contribution in [3.05, 3.63) is 16.3 Å². The average Bonchev–Trinajstić information content (AvgIpc) is 2.81. The highest BCUT2D eigenvalue weighted by Crippen LogP contribution is 2.30. The Bertz CT molecular complexity index is 474. The predicted molar refractivity (Wildman–Crippen MR) is 58.3 cm³/mol. The van der Waals surface area contributed by atoms with Crippen LogP contribution >= 0.6 is 0 Å². The van der Waals surface area contributed by atoms with E-state index in [2.05, 4.69) is 10.3 Å². The molecule has 1 aliphatic heterocycles. The number of rotatable bonds is 3. The SMILES string of the molecule is CNC(=O)OC[C@@]1(C)Cn2cc([N+](=O)[O-])nc2O1. The van der Waals surface area contributed by atoms with Gasteiger partial charge < -0.3 is 24.9 Å². The molecule has 0 saturated carbocycles. The summed E-state index contributed by atoms with van der Waals surface area (Å²) in [5.74, 6) is -0.265. The molecular formula is C9H12N4O5. The van der Waals surface area contributed by atoms with Gasteiger partial charge in [-0.25, -0.2) is 4.79 Å². The number of nitro groups is 1. The summed E-state index contributed by atoms with van der Waals surface area (Å²) >= 11 is 0. The highest BCUT2D eigenvalue weighted by molar-refractivity contribution is 5.66. The van der Waals surface area contributed by atoms with Crippen molar-refractivity contribution in [1.29, 1.82) is 0 Å². The smallest absolute Gasteiger partial charge is 0.415 e. The van der Waals surface area contributed by atoms with Crippen LogP contribution in [0.1, 0.15) is 6.92 Å².